The van der Waals surface area contributed by atoms with Crippen molar-refractivity contribution in [3.05, 3.63) is 106 Å². The van der Waals surface area contributed by atoms with Crippen molar-refractivity contribution < 1.29 is 30.9 Å². The molecule has 0 amide bonds. The zero-order valence-electron chi connectivity index (χ0n) is 24.6. The topological polar surface area (TPSA) is 47.2 Å². The van der Waals surface area contributed by atoms with Crippen molar-refractivity contribution >= 4 is 5.69 Å². The van der Waals surface area contributed by atoms with E-state index in [-0.39, 0.29) is 31.3 Å². The van der Waals surface area contributed by atoms with Gasteiger partial charge >= 0.3 is 0 Å². The second-order valence-corrected chi connectivity index (χ2v) is 11.9. The molecule has 0 spiro atoms. The van der Waals surface area contributed by atoms with Crippen molar-refractivity contribution in [2.45, 2.75) is 79.2 Å². The third kappa shape index (κ3) is 6.90. The van der Waals surface area contributed by atoms with Gasteiger partial charge in [-0.15, -0.1) is 5.69 Å². The van der Waals surface area contributed by atoms with E-state index in [2.05, 4.69) is 104 Å². The molecule has 4 rings (SSSR count). The number of para-hydroxylation sites is 1. The van der Waals surface area contributed by atoms with Gasteiger partial charge in [-0.1, -0.05) is 121 Å². The summed E-state index contributed by atoms with van der Waals surface area (Å²) in [7, 11) is 0. The number of benzene rings is 3. The molecule has 39 heavy (non-hydrogen) atoms. The fourth-order valence-electron chi connectivity index (χ4n) is 5.07. The molecule has 1 aromatic heterocycles. The molecule has 1 N–H and O–H groups in total. The fraction of sp³-hybridized carbons (Fsp3) is 0.343. The summed E-state index contributed by atoms with van der Waals surface area (Å²) in [4.78, 5) is 5.04. The number of phenolic OH excluding ortho intramolecular Hbond substituents is 1. The maximum absolute atomic E-state index is 11.3. The van der Waals surface area contributed by atoms with E-state index in [0.29, 0.717) is 24.1 Å². The van der Waals surface area contributed by atoms with Crippen molar-refractivity contribution in [2.75, 3.05) is 0 Å². The Hall–Kier alpha value is -2.72. The fourth-order valence-corrected chi connectivity index (χ4v) is 5.07. The van der Waals surface area contributed by atoms with E-state index in [0.717, 1.165) is 44.9 Å². The summed E-state index contributed by atoms with van der Waals surface area (Å²) in [5, 5.41) is 16.4. The Balaban J connectivity index is 0.00000420. The zero-order valence-corrected chi connectivity index (χ0v) is 28.2. The molecule has 0 saturated carbocycles. The van der Waals surface area contributed by atoms with Crippen molar-refractivity contribution in [1.29, 1.82) is 0 Å². The van der Waals surface area contributed by atoms with Crippen LogP contribution < -0.4 is 0 Å². The van der Waals surface area contributed by atoms with Gasteiger partial charge in [-0.05, 0) is 53.5 Å². The monoisotopic (exact) mass is 685 g/mol. The normalized spacial score (nSPS) is 11.5. The molecule has 0 unspecified atom stereocenters. The number of phenols is 1. The molecular formula is C35H41HfN2O-. The van der Waals surface area contributed by atoms with Crippen LogP contribution in [0.5, 0.6) is 5.75 Å². The number of aromatic hydroxyl groups is 1. The number of pyridine rings is 1. The first kappa shape index (κ1) is 30.8. The van der Waals surface area contributed by atoms with Crippen LogP contribution in [0.4, 0.5) is 5.69 Å². The predicted molar refractivity (Wildman–Crippen MR) is 162 cm³/mol. The third-order valence-corrected chi connectivity index (χ3v) is 7.10. The molecule has 202 valence electrons. The summed E-state index contributed by atoms with van der Waals surface area (Å²) < 4.78 is 0. The number of aryl methyl sites for hydroxylation is 1. The van der Waals surface area contributed by atoms with E-state index in [4.69, 9.17) is 10.3 Å². The largest absolute Gasteiger partial charge is 0.679 e. The molecule has 4 heteroatoms. The van der Waals surface area contributed by atoms with Gasteiger partial charge in [-0.3, -0.25) is 4.98 Å². The summed E-state index contributed by atoms with van der Waals surface area (Å²) in [6, 6.07) is 25.0. The molecule has 0 saturated heterocycles. The summed E-state index contributed by atoms with van der Waals surface area (Å²) in [6.07, 6.45) is 0. The summed E-state index contributed by atoms with van der Waals surface area (Å²) in [5.41, 5.74) is 10.2. The molecule has 0 aliphatic rings. The summed E-state index contributed by atoms with van der Waals surface area (Å²) in [6.45, 7) is 17.9. The van der Waals surface area contributed by atoms with Crippen molar-refractivity contribution in [2.24, 2.45) is 0 Å². The number of aromatic nitrogens is 1. The smallest absolute Gasteiger partial charge is 0.127 e. The van der Waals surface area contributed by atoms with Crippen LogP contribution in [0.25, 0.3) is 27.7 Å². The Morgan fingerprint density at radius 3 is 1.95 bits per heavy atom. The predicted octanol–water partition coefficient (Wildman–Crippen LogP) is 10.2. The molecule has 3 aromatic carbocycles. The average Bonchev–Trinajstić information content (AvgIpc) is 2.87. The second kappa shape index (κ2) is 12.6. The van der Waals surface area contributed by atoms with Gasteiger partial charge in [0.1, 0.15) is 5.75 Å². The number of nitrogens with zero attached hydrogens (tertiary/aromatic N) is 2. The minimum atomic E-state index is -0.166. The molecule has 0 radical (unpaired) electrons. The van der Waals surface area contributed by atoms with Crippen LogP contribution in [-0.4, -0.2) is 10.1 Å². The van der Waals surface area contributed by atoms with Gasteiger partial charge in [-0.2, -0.15) is 0 Å². The van der Waals surface area contributed by atoms with Gasteiger partial charge in [-0.25, -0.2) is 0 Å². The number of rotatable bonds is 7. The van der Waals surface area contributed by atoms with Crippen molar-refractivity contribution in [3.63, 3.8) is 0 Å². The Morgan fingerprint density at radius 1 is 0.769 bits per heavy atom. The van der Waals surface area contributed by atoms with Crippen LogP contribution in [0.3, 0.4) is 0 Å². The molecule has 0 bridgehead atoms. The molecule has 4 aromatic rings. The summed E-state index contributed by atoms with van der Waals surface area (Å²) in [5.74, 6) is 1.14. The van der Waals surface area contributed by atoms with Gasteiger partial charge < -0.3 is 10.4 Å². The quantitative estimate of drug-likeness (QED) is 0.197. The number of hydrogen-bond acceptors (Lipinski definition) is 2. The van der Waals surface area contributed by atoms with Gasteiger partial charge in [0.15, 0.2) is 0 Å². The number of hydrogen-bond donors (Lipinski definition) is 1. The Kier molecular flexibility index (Phi) is 9.98. The van der Waals surface area contributed by atoms with Gasteiger partial charge in [0.2, 0.25) is 0 Å². The maximum atomic E-state index is 11.3. The molecule has 0 aliphatic carbocycles. The Bertz CT molecular complexity index is 1410. The van der Waals surface area contributed by atoms with Crippen LogP contribution >= 0.6 is 0 Å². The third-order valence-electron chi connectivity index (χ3n) is 7.10. The first-order valence-electron chi connectivity index (χ1n) is 13.7. The minimum absolute atomic E-state index is 0. The minimum Gasteiger partial charge on any atom is -0.679 e. The van der Waals surface area contributed by atoms with E-state index in [9.17, 15) is 5.11 Å². The molecule has 0 atom stereocenters. The van der Waals surface area contributed by atoms with Crippen molar-refractivity contribution in [3.8, 4) is 28.1 Å². The molecule has 0 fully saturated rings. The second-order valence-electron chi connectivity index (χ2n) is 11.9. The van der Waals surface area contributed by atoms with Gasteiger partial charge in [0, 0.05) is 48.2 Å². The van der Waals surface area contributed by atoms with Crippen LogP contribution in [0.15, 0.2) is 72.8 Å². The first-order valence-corrected chi connectivity index (χ1v) is 13.7. The molecule has 0 aliphatic heterocycles. The van der Waals surface area contributed by atoms with E-state index < -0.39 is 0 Å². The average molecular weight is 684 g/mol. The van der Waals surface area contributed by atoms with Crippen LogP contribution in [0.2, 0.25) is 0 Å². The van der Waals surface area contributed by atoms with Crippen LogP contribution in [0, 0.1) is 6.92 Å². The van der Waals surface area contributed by atoms with E-state index in [1.807, 2.05) is 24.3 Å². The SMILES string of the molecule is Cc1cc(-c2ccccc2-c2cccc(C[N-]c3c(C(C)C)cccc3C(C)C)n2)c(O)c(C(C)(C)C)c1.[Hf]. The van der Waals surface area contributed by atoms with Crippen molar-refractivity contribution in [1.82, 2.24) is 4.98 Å². The van der Waals surface area contributed by atoms with E-state index in [1.165, 1.54) is 11.1 Å². The van der Waals surface area contributed by atoms with Gasteiger partial charge in [0.25, 0.3) is 0 Å². The van der Waals surface area contributed by atoms with Crippen LogP contribution in [0.1, 0.15) is 88.2 Å². The van der Waals surface area contributed by atoms with E-state index >= 15 is 0 Å². The maximum Gasteiger partial charge on any atom is 0.127 e. The Morgan fingerprint density at radius 2 is 1.36 bits per heavy atom. The molecular weight excluding hydrogens is 643 g/mol. The standard InChI is InChI=1S/C35H41N2O.Hf/c1-22(2)26-16-12-17-27(23(3)4)33(26)36-21-25-13-11-18-32(37-25)29-15-10-9-14-28(29)30-19-24(5)20-31(34(30)38)35(6,7)8;/h9-20,22-23H,21H2,1-8H3,(H,37,38);/q-1;. The van der Waals surface area contributed by atoms with E-state index in [1.54, 1.807) is 0 Å². The molecule has 3 nitrogen and oxygen atoms in total. The summed E-state index contributed by atoms with van der Waals surface area (Å²) >= 11 is 0. The Labute approximate surface area is 253 Å². The molecule has 1 heterocycles. The van der Waals surface area contributed by atoms with Crippen LogP contribution in [-0.2, 0) is 37.8 Å². The first-order chi connectivity index (χ1) is 18.0. The zero-order chi connectivity index (χ0) is 27.6. The van der Waals surface area contributed by atoms with Gasteiger partial charge in [0.05, 0.1) is 5.69 Å².